The van der Waals surface area contributed by atoms with Crippen LogP contribution in [-0.2, 0) is 24.2 Å². The number of amides is 1. The summed E-state index contributed by atoms with van der Waals surface area (Å²) in [5.74, 6) is 0.299. The molecule has 1 aliphatic heterocycles. The minimum absolute atomic E-state index is 0.242. The van der Waals surface area contributed by atoms with Crippen LogP contribution >= 0.6 is 0 Å². The third-order valence-corrected chi connectivity index (χ3v) is 8.04. The summed E-state index contributed by atoms with van der Waals surface area (Å²) in [6, 6.07) is 14.8. The van der Waals surface area contributed by atoms with Crippen LogP contribution in [0.15, 0.2) is 61.3 Å². The molecule has 42 heavy (non-hydrogen) atoms. The van der Waals surface area contributed by atoms with Gasteiger partial charge < -0.3 is 25.0 Å². The van der Waals surface area contributed by atoms with E-state index in [-0.39, 0.29) is 5.91 Å². The zero-order valence-electron chi connectivity index (χ0n) is 25.4. The van der Waals surface area contributed by atoms with Crippen molar-refractivity contribution < 1.29 is 4.79 Å². The number of anilines is 4. The van der Waals surface area contributed by atoms with E-state index in [9.17, 15) is 4.79 Å². The number of fused-ring (bicyclic) bond motifs is 3. The first-order valence-electron chi connectivity index (χ1n) is 15.1. The molecule has 0 saturated carbocycles. The van der Waals surface area contributed by atoms with Crippen molar-refractivity contribution >= 4 is 39.8 Å². The van der Waals surface area contributed by atoms with Crippen molar-refractivity contribution in [3.8, 4) is 11.3 Å². The SMILES string of the molecule is C=CC(=O)Nc1cc(Nc2nccc(-c3c4n(c5ccccc35)CCCC4)n2)c(CCCC)cc1N(C)CCN(C)C. The smallest absolute Gasteiger partial charge is 0.247 e. The molecule has 0 spiro atoms. The van der Waals surface area contributed by atoms with E-state index < -0.39 is 0 Å². The summed E-state index contributed by atoms with van der Waals surface area (Å²) in [7, 11) is 6.19. The fraction of sp³-hybridized carbons (Fsp3) is 0.382. The number of rotatable bonds is 12. The van der Waals surface area contributed by atoms with Gasteiger partial charge in [0.05, 0.1) is 17.1 Å². The molecule has 0 radical (unpaired) electrons. The molecule has 0 atom stereocenters. The fourth-order valence-corrected chi connectivity index (χ4v) is 5.79. The molecule has 0 saturated heterocycles. The number of para-hydroxylation sites is 1. The normalized spacial score (nSPS) is 12.8. The van der Waals surface area contributed by atoms with Crippen LogP contribution in [-0.4, -0.2) is 59.6 Å². The first kappa shape index (κ1) is 29.3. The summed E-state index contributed by atoms with van der Waals surface area (Å²) in [6.45, 7) is 8.62. The molecule has 3 heterocycles. The summed E-state index contributed by atoms with van der Waals surface area (Å²) in [5.41, 5.74) is 8.53. The summed E-state index contributed by atoms with van der Waals surface area (Å²) in [4.78, 5) is 26.5. The monoisotopic (exact) mass is 565 g/mol. The molecule has 2 aromatic heterocycles. The molecule has 0 unspecified atom stereocenters. The molecule has 4 aromatic rings. The number of aromatic nitrogens is 3. The highest BCUT2D eigenvalue weighted by atomic mass is 16.1. The number of nitrogens with zero attached hydrogens (tertiary/aromatic N) is 5. The Bertz CT molecular complexity index is 1570. The van der Waals surface area contributed by atoms with E-state index in [2.05, 4.69) is 95.0 Å². The van der Waals surface area contributed by atoms with E-state index in [0.717, 1.165) is 68.1 Å². The van der Waals surface area contributed by atoms with Gasteiger partial charge in [-0.25, -0.2) is 9.97 Å². The van der Waals surface area contributed by atoms with Gasteiger partial charge in [0.1, 0.15) is 0 Å². The molecule has 1 aliphatic rings. The first-order chi connectivity index (χ1) is 20.4. The van der Waals surface area contributed by atoms with Crippen molar-refractivity contribution in [2.45, 2.75) is 52.0 Å². The average Bonchev–Trinajstić information content (AvgIpc) is 3.34. The molecule has 5 rings (SSSR count). The Hall–Kier alpha value is -4.17. The molecule has 8 nitrogen and oxygen atoms in total. The van der Waals surface area contributed by atoms with E-state index in [1.54, 1.807) is 0 Å². The Morgan fingerprint density at radius 2 is 1.93 bits per heavy atom. The average molecular weight is 566 g/mol. The number of hydrogen-bond acceptors (Lipinski definition) is 6. The van der Waals surface area contributed by atoms with Crippen molar-refractivity contribution in [3.05, 3.63) is 72.6 Å². The van der Waals surface area contributed by atoms with Crippen molar-refractivity contribution in [1.29, 1.82) is 0 Å². The van der Waals surface area contributed by atoms with Gasteiger partial charge in [0.2, 0.25) is 11.9 Å². The van der Waals surface area contributed by atoms with E-state index in [1.807, 2.05) is 18.3 Å². The van der Waals surface area contributed by atoms with Gasteiger partial charge >= 0.3 is 0 Å². The van der Waals surface area contributed by atoms with Gasteiger partial charge in [0.25, 0.3) is 0 Å². The highest BCUT2D eigenvalue weighted by Crippen LogP contribution is 2.38. The van der Waals surface area contributed by atoms with Gasteiger partial charge in [-0.1, -0.05) is 38.1 Å². The Kier molecular flexibility index (Phi) is 9.22. The van der Waals surface area contributed by atoms with Crippen molar-refractivity contribution in [3.63, 3.8) is 0 Å². The maximum atomic E-state index is 12.4. The van der Waals surface area contributed by atoms with E-state index >= 15 is 0 Å². The van der Waals surface area contributed by atoms with E-state index in [4.69, 9.17) is 4.98 Å². The first-order valence-corrected chi connectivity index (χ1v) is 15.1. The van der Waals surface area contributed by atoms with Gasteiger partial charge in [-0.15, -0.1) is 0 Å². The summed E-state index contributed by atoms with van der Waals surface area (Å²) < 4.78 is 2.46. The van der Waals surface area contributed by atoms with Crippen molar-refractivity contribution in [2.75, 3.05) is 49.8 Å². The van der Waals surface area contributed by atoms with Gasteiger partial charge in [0.15, 0.2) is 0 Å². The van der Waals surface area contributed by atoms with E-state index in [0.29, 0.717) is 5.95 Å². The number of aryl methyl sites for hydroxylation is 2. The minimum Gasteiger partial charge on any atom is -0.372 e. The number of likely N-dealkylation sites (N-methyl/N-ethyl adjacent to an activating group) is 2. The Morgan fingerprint density at radius 3 is 2.71 bits per heavy atom. The molecule has 0 fully saturated rings. The predicted octanol–water partition coefficient (Wildman–Crippen LogP) is 6.64. The van der Waals surface area contributed by atoms with Crippen LogP contribution in [0.2, 0.25) is 0 Å². The number of benzene rings is 2. The third-order valence-electron chi connectivity index (χ3n) is 8.04. The predicted molar refractivity (Wildman–Crippen MR) is 175 cm³/mol. The molecular weight excluding hydrogens is 522 g/mol. The highest BCUT2D eigenvalue weighted by Gasteiger charge is 2.22. The zero-order valence-corrected chi connectivity index (χ0v) is 25.4. The lowest BCUT2D eigenvalue weighted by Gasteiger charge is -2.26. The van der Waals surface area contributed by atoms with Crippen LogP contribution < -0.4 is 15.5 Å². The molecular formula is C34H43N7O. The van der Waals surface area contributed by atoms with Crippen LogP contribution in [0.5, 0.6) is 0 Å². The summed E-state index contributed by atoms with van der Waals surface area (Å²) in [5, 5.41) is 7.80. The second-order valence-corrected chi connectivity index (χ2v) is 11.4. The molecule has 0 bridgehead atoms. The van der Waals surface area contributed by atoms with Crippen LogP contribution in [0.1, 0.15) is 43.9 Å². The highest BCUT2D eigenvalue weighted by molar-refractivity contribution is 6.02. The lowest BCUT2D eigenvalue weighted by atomic mass is 10.0. The number of carbonyl (C=O) groups excluding carboxylic acids is 1. The van der Waals surface area contributed by atoms with Gasteiger partial charge in [-0.3, -0.25) is 4.79 Å². The lowest BCUT2D eigenvalue weighted by Crippen LogP contribution is -2.29. The molecule has 2 aromatic carbocycles. The zero-order chi connectivity index (χ0) is 29.6. The van der Waals surface area contributed by atoms with Gasteiger partial charge in [0, 0.05) is 60.7 Å². The quantitative estimate of drug-likeness (QED) is 0.188. The standard InChI is InChI=1S/C34H43N7O/c1-6-8-13-24-22-31(40(5)21-20-39(3)4)28(36-32(42)7-2)23-27(24)38-34-35-18-17-26(37-34)33-25-14-9-10-15-29(25)41-19-12-11-16-30(33)41/h7,9-10,14-15,17-18,22-23H,2,6,8,11-13,16,19-21H2,1,3-5H3,(H,36,42)(H,35,37,38). The van der Waals surface area contributed by atoms with Crippen LogP contribution in [0.3, 0.4) is 0 Å². The van der Waals surface area contributed by atoms with Crippen molar-refractivity contribution in [1.82, 2.24) is 19.4 Å². The number of unbranched alkanes of at least 4 members (excludes halogenated alkanes) is 1. The Labute approximate surface area is 249 Å². The number of carbonyl (C=O) groups is 1. The molecule has 1 amide bonds. The number of hydrogen-bond donors (Lipinski definition) is 2. The van der Waals surface area contributed by atoms with Crippen LogP contribution in [0, 0.1) is 0 Å². The Morgan fingerprint density at radius 1 is 1.10 bits per heavy atom. The molecule has 220 valence electrons. The summed E-state index contributed by atoms with van der Waals surface area (Å²) >= 11 is 0. The minimum atomic E-state index is -0.242. The largest absolute Gasteiger partial charge is 0.372 e. The van der Waals surface area contributed by atoms with Crippen LogP contribution in [0.4, 0.5) is 23.0 Å². The third kappa shape index (κ3) is 6.34. The maximum Gasteiger partial charge on any atom is 0.247 e. The molecule has 8 heteroatoms. The molecule has 2 N–H and O–H groups in total. The van der Waals surface area contributed by atoms with Gasteiger partial charge in [-0.2, -0.15) is 0 Å². The van der Waals surface area contributed by atoms with Gasteiger partial charge in [-0.05, 0) is 82.1 Å². The van der Waals surface area contributed by atoms with Crippen LogP contribution in [0.25, 0.3) is 22.2 Å². The maximum absolute atomic E-state index is 12.4. The second-order valence-electron chi connectivity index (χ2n) is 11.4. The number of nitrogens with one attached hydrogen (secondary N) is 2. The van der Waals surface area contributed by atoms with E-state index in [1.165, 1.54) is 46.6 Å². The lowest BCUT2D eigenvalue weighted by molar-refractivity contribution is -0.111. The summed E-state index contributed by atoms with van der Waals surface area (Å²) in [6.07, 6.45) is 9.62. The van der Waals surface area contributed by atoms with Crippen molar-refractivity contribution in [2.24, 2.45) is 0 Å². The molecule has 0 aliphatic carbocycles. The Balaban J connectivity index is 1.55. The topological polar surface area (TPSA) is 78.3 Å². The fourth-order valence-electron chi connectivity index (χ4n) is 5.79. The second kappa shape index (κ2) is 13.2.